The Morgan fingerprint density at radius 2 is 0.767 bits per heavy atom. The monoisotopic (exact) mass is 1320 g/mol. The Labute approximate surface area is 519 Å². The molecule has 3 atom stereocenters. The molecule has 0 aliphatic carbocycles. The lowest BCUT2D eigenvalue weighted by Gasteiger charge is -2.42. The molecule has 15 N–H and O–H groups in total. The Morgan fingerprint density at radius 3 is 1.18 bits per heavy atom. The first kappa shape index (κ1) is 69.1. The number of rotatable bonds is 1. The average molecular weight is 1320 g/mol. The van der Waals surface area contributed by atoms with Crippen LogP contribution in [-0.2, 0) is 89.2 Å². The van der Waals surface area contributed by atoms with Crippen LogP contribution in [0.2, 0.25) is 0 Å². The van der Waals surface area contributed by atoms with E-state index in [1.165, 1.54) is 21.1 Å². The van der Waals surface area contributed by atoms with Gasteiger partial charge in [-0.15, -0.1) is 15.3 Å². The molecular weight excluding hydrogens is 1260 g/mol. The molecule has 0 radical (unpaired) electrons. The van der Waals surface area contributed by atoms with Crippen molar-refractivity contribution in [3.05, 3.63) is 22.8 Å². The molecule has 0 aromatic carbocycles. The fourth-order valence-corrected chi connectivity index (χ4v) is 10.6. The number of amides is 15. The number of nitrogens with two attached hydrogens (primary N) is 1. The second kappa shape index (κ2) is 32.8. The minimum atomic E-state index is -1.63. The molecule has 3 aromatic heterocycles. The average Bonchev–Trinajstić information content (AvgIpc) is 1.49. The fourth-order valence-electron chi connectivity index (χ4n) is 7.73. The summed E-state index contributed by atoms with van der Waals surface area (Å²) in [4.78, 5) is 214. The molecule has 0 saturated carbocycles. The van der Waals surface area contributed by atoms with Crippen molar-refractivity contribution in [1.82, 2.24) is 123 Å². The zero-order valence-electron chi connectivity index (χ0n) is 47.9. The number of nitrogens with zero attached hydrogens (tertiary/aromatic N) is 12. The van der Waals surface area contributed by atoms with E-state index in [9.17, 15) is 77.0 Å². The number of aromatic nitrogens is 9. The van der Waals surface area contributed by atoms with Crippen LogP contribution >= 0.6 is 35.3 Å². The Kier molecular flexibility index (Phi) is 25.2. The van der Waals surface area contributed by atoms with Crippen molar-refractivity contribution in [3.63, 3.8) is 0 Å². The van der Waals surface area contributed by atoms with Crippen LogP contribution in [-0.4, -0.2) is 280 Å². The van der Waals surface area contributed by atoms with Crippen LogP contribution in [0.4, 0.5) is 0 Å². The highest BCUT2D eigenvalue weighted by Gasteiger charge is 2.39. The number of carbonyl (C=O) groups excluding carboxylic acids is 15. The quantitative estimate of drug-likeness (QED) is 0.108. The second-order valence-corrected chi connectivity index (χ2v) is 22.2. The molecule has 4 bridgehead atoms. The van der Waals surface area contributed by atoms with Gasteiger partial charge in [0.25, 0.3) is 17.7 Å². The predicted octanol–water partition coefficient (Wildman–Crippen LogP) is -12.3. The van der Waals surface area contributed by atoms with Gasteiger partial charge in [0.2, 0.25) is 70.9 Å². The maximum absolute atomic E-state index is 15.0. The number of carboxylic acid groups (broad SMARTS) is 1. The summed E-state index contributed by atoms with van der Waals surface area (Å²) in [6.45, 7) is -8.83. The van der Waals surface area contributed by atoms with E-state index in [4.69, 9.17) is 5.73 Å². The van der Waals surface area contributed by atoms with Crippen molar-refractivity contribution in [1.29, 1.82) is 0 Å². The summed E-state index contributed by atoms with van der Waals surface area (Å²) >= 11 is 2.38. The lowest BCUT2D eigenvalue weighted by atomic mass is 10.2. The van der Waals surface area contributed by atoms with E-state index >= 15 is 4.79 Å². The van der Waals surface area contributed by atoms with Crippen LogP contribution < -0.4 is 69.5 Å². The third-order valence-electron chi connectivity index (χ3n) is 12.3. The lowest BCUT2D eigenvalue weighted by Crippen LogP contribution is -2.60. The summed E-state index contributed by atoms with van der Waals surface area (Å²) in [7, 11) is 4.03. The zero-order valence-corrected chi connectivity index (χ0v) is 50.4. The van der Waals surface area contributed by atoms with Crippen LogP contribution in [0.1, 0.15) is 37.2 Å². The maximum atomic E-state index is 15.0. The summed E-state index contributed by atoms with van der Waals surface area (Å²) in [5, 5.41) is 60.9. The summed E-state index contributed by atoms with van der Waals surface area (Å²) in [5.41, 5.74) is 5.42. The highest BCUT2D eigenvalue weighted by molar-refractivity contribution is 7.99. The molecule has 486 valence electrons. The SMILES string of the molecule is Cn1nnc2c1C(=O)N1CN3CN(C1)C(=O)c1c(nnn1C)SC[C@H](N)C(=O)NCC(=O)NCC(=O)NCC(=O)NCC(=O)NCC(=O)N[C@@H](CSc1nnn(C)c1C3=O)C(=O)NCC(=O)NCC(=O)NCC(=O)NCC(=O)NCC(=O)N[C@H](C(=O)O)CSC2. The highest BCUT2D eigenvalue weighted by Crippen LogP contribution is 2.27. The predicted molar refractivity (Wildman–Crippen MR) is 303 cm³/mol. The minimum Gasteiger partial charge on any atom is -0.480 e. The molecular formula is C45H61N25O17S3. The first-order valence-corrected chi connectivity index (χ1v) is 29.6. The smallest absolute Gasteiger partial charge is 0.327 e. The summed E-state index contributed by atoms with van der Waals surface area (Å²) in [5.74, 6) is -16.4. The minimum absolute atomic E-state index is 0.0144. The molecule has 42 nitrogen and oxygen atoms in total. The number of fused-ring (bicyclic) bond motifs is 6. The van der Waals surface area contributed by atoms with Gasteiger partial charge in [0.15, 0.2) is 21.4 Å². The third kappa shape index (κ3) is 20.3. The van der Waals surface area contributed by atoms with E-state index in [-0.39, 0.29) is 50.1 Å². The molecule has 90 heavy (non-hydrogen) atoms. The summed E-state index contributed by atoms with van der Waals surface area (Å²) in [6.07, 6.45) is 0. The number of aliphatic carboxylic acids is 1. The fraction of sp³-hybridized carbons (Fsp3) is 0.511. The Bertz CT molecular complexity index is 3320. The van der Waals surface area contributed by atoms with Crippen LogP contribution in [0.25, 0.3) is 0 Å². The van der Waals surface area contributed by atoms with Crippen LogP contribution in [0.15, 0.2) is 10.1 Å². The van der Waals surface area contributed by atoms with Crippen LogP contribution in [0.5, 0.6) is 0 Å². The number of hydrogen-bond acceptors (Lipinski definition) is 26. The molecule has 3 aliphatic rings. The van der Waals surface area contributed by atoms with Gasteiger partial charge in [-0.25, -0.2) is 18.8 Å². The molecule has 3 aromatic rings. The van der Waals surface area contributed by atoms with Crippen molar-refractivity contribution in [2.24, 2.45) is 26.9 Å². The first-order chi connectivity index (χ1) is 42.8. The van der Waals surface area contributed by atoms with Gasteiger partial charge >= 0.3 is 5.97 Å². The number of carbonyl (C=O) groups is 16. The normalized spacial score (nSPS) is 21.3. The molecule has 6 rings (SSSR count). The van der Waals surface area contributed by atoms with Gasteiger partial charge in [-0.05, 0) is 0 Å². The topological polar surface area (TPSA) is 566 Å². The van der Waals surface area contributed by atoms with Gasteiger partial charge < -0.3 is 89.3 Å². The molecule has 6 heterocycles. The van der Waals surface area contributed by atoms with Crippen molar-refractivity contribution >= 4 is 130 Å². The van der Waals surface area contributed by atoms with Crippen LogP contribution in [0, 0.1) is 0 Å². The maximum Gasteiger partial charge on any atom is 0.327 e. The van der Waals surface area contributed by atoms with E-state index in [1.807, 2.05) is 0 Å². The number of thioether (sulfide) groups is 3. The second-order valence-electron chi connectivity index (χ2n) is 19.2. The van der Waals surface area contributed by atoms with Crippen molar-refractivity contribution in [3.8, 4) is 0 Å². The van der Waals surface area contributed by atoms with Gasteiger partial charge in [-0.3, -0.25) is 71.9 Å². The number of hydrogen-bond donors (Lipinski definition) is 14. The molecule has 0 unspecified atom stereocenters. The standard InChI is InChI=1S/C45H61N25O17S3/c1-65-35-22(59-62-65)15-88-16-24(45(86)87)58-34(80)13-54-30(76)9-50-26(72)5-48-28(74)7-52-32(78)11-56-39(82)23-17-90-41-37(67(3)64-61-41)44(85)70-19-68(42(35)83)18-69(20-70)43(84)36-40(60-63-66(36)2)89-14-21(46)38(81)55-10-31(77)51-6-27(73)47-4-25(71)49-8-29(75)53-12-33(79)57-23/h21,23-24H,4-20,46H2,1-3H3,(H,47,73)(H,48,74)(H,49,71)(H,50,72)(H,51,77)(H,52,78)(H,53,75)(H,54,76)(H,55,81)(H,56,82)(H,57,79)(H,58,80)(H,86,87)/t21-,23-,24-/m0/s1. The molecule has 1 fully saturated rings. The van der Waals surface area contributed by atoms with E-state index in [2.05, 4.69) is 94.7 Å². The molecule has 0 spiro atoms. The number of nitrogens with one attached hydrogen (secondary N) is 12. The van der Waals surface area contributed by atoms with Crippen molar-refractivity contribution in [2.45, 2.75) is 33.9 Å². The van der Waals surface area contributed by atoms with Gasteiger partial charge in [-0.1, -0.05) is 39.2 Å². The zero-order chi connectivity index (χ0) is 65.8. The van der Waals surface area contributed by atoms with E-state index in [1.54, 1.807) is 0 Å². The highest BCUT2D eigenvalue weighted by atomic mass is 32.2. The Morgan fingerprint density at radius 1 is 0.433 bits per heavy atom. The van der Waals surface area contributed by atoms with Gasteiger partial charge in [-0.2, -0.15) is 11.8 Å². The number of aryl methyl sites for hydroxylation is 3. The molecule has 1 saturated heterocycles. The molecule has 3 aliphatic heterocycles. The Balaban J connectivity index is 1.35. The summed E-state index contributed by atoms with van der Waals surface area (Å²) < 4.78 is 3.21. The third-order valence-corrected chi connectivity index (χ3v) is 15.5. The van der Waals surface area contributed by atoms with Gasteiger partial charge in [0.05, 0.1) is 91.5 Å². The molecule has 45 heteroatoms. The van der Waals surface area contributed by atoms with E-state index in [0.717, 1.165) is 52.3 Å². The van der Waals surface area contributed by atoms with Crippen molar-refractivity contribution in [2.75, 3.05) is 103 Å². The Hall–Kier alpha value is -10.0. The van der Waals surface area contributed by atoms with E-state index < -0.39 is 204 Å². The number of carboxylic acids is 1. The lowest BCUT2D eigenvalue weighted by molar-refractivity contribution is -0.141. The largest absolute Gasteiger partial charge is 0.480 e. The van der Waals surface area contributed by atoms with Gasteiger partial charge in [0, 0.05) is 44.2 Å². The van der Waals surface area contributed by atoms with E-state index in [0.29, 0.717) is 11.8 Å². The molecule has 15 amide bonds. The summed E-state index contributed by atoms with van der Waals surface area (Å²) in [6, 6.07) is -4.54. The van der Waals surface area contributed by atoms with Crippen LogP contribution in [0.3, 0.4) is 0 Å². The van der Waals surface area contributed by atoms with Gasteiger partial charge in [0.1, 0.15) is 23.5 Å². The van der Waals surface area contributed by atoms with Crippen molar-refractivity contribution < 1.29 is 81.8 Å². The first-order valence-electron chi connectivity index (χ1n) is 26.4.